The average Bonchev–Trinajstić information content (AvgIpc) is 2.93. The molecule has 0 atom stereocenters. The van der Waals surface area contributed by atoms with Crippen molar-refractivity contribution >= 4 is 47.3 Å². The Morgan fingerprint density at radius 3 is 1.55 bits per heavy atom. The number of rotatable bonds is 6. The number of fused-ring (bicyclic) bond motifs is 2. The SMILES string of the molecule is N#CCN1CCSc2c1ccc(C=N/C(C#N)=C(/C#N)N=Cc1ccc3c(c1O)SCCN3CC#N)c2O. The summed E-state index contributed by atoms with van der Waals surface area (Å²) in [5.41, 5.74) is 1.72. The van der Waals surface area contributed by atoms with Crippen LogP contribution in [0.5, 0.6) is 11.5 Å². The summed E-state index contributed by atoms with van der Waals surface area (Å²) in [6.07, 6.45) is 2.59. The van der Waals surface area contributed by atoms with Crippen LogP contribution in [0.15, 0.2) is 55.4 Å². The minimum atomic E-state index is -0.258. The summed E-state index contributed by atoms with van der Waals surface area (Å²) in [6.45, 7) is 1.81. The van der Waals surface area contributed by atoms with Crippen molar-refractivity contribution in [3.63, 3.8) is 0 Å². The van der Waals surface area contributed by atoms with Crippen LogP contribution in [-0.4, -0.2) is 60.3 Å². The molecule has 0 fully saturated rings. The fraction of sp³-hybridized carbons (Fsp3) is 0.231. The van der Waals surface area contributed by atoms with Gasteiger partial charge in [0.1, 0.15) is 36.7 Å². The van der Waals surface area contributed by atoms with Gasteiger partial charge in [-0.05, 0) is 24.3 Å². The maximum atomic E-state index is 10.8. The third kappa shape index (κ3) is 5.38. The number of anilines is 2. The molecule has 10 nitrogen and oxygen atoms in total. The molecule has 2 N–H and O–H groups in total. The third-order valence-corrected chi connectivity index (χ3v) is 7.96. The molecule has 0 saturated heterocycles. The summed E-state index contributed by atoms with van der Waals surface area (Å²) >= 11 is 2.94. The Balaban J connectivity index is 1.61. The van der Waals surface area contributed by atoms with Crippen molar-refractivity contribution in [1.29, 1.82) is 21.0 Å². The lowest BCUT2D eigenvalue weighted by molar-refractivity contribution is 0.460. The first-order valence-corrected chi connectivity index (χ1v) is 13.3. The van der Waals surface area contributed by atoms with Gasteiger partial charge < -0.3 is 20.0 Å². The van der Waals surface area contributed by atoms with Crippen molar-refractivity contribution in [2.45, 2.75) is 9.79 Å². The fourth-order valence-corrected chi connectivity index (χ4v) is 6.18. The van der Waals surface area contributed by atoms with Crippen LogP contribution in [0.3, 0.4) is 0 Å². The lowest BCUT2D eigenvalue weighted by Crippen LogP contribution is -2.29. The summed E-state index contributed by atoms with van der Waals surface area (Å²) in [5, 5.41) is 58.9. The van der Waals surface area contributed by atoms with Crippen LogP contribution in [-0.2, 0) is 0 Å². The van der Waals surface area contributed by atoms with Crippen molar-refractivity contribution in [1.82, 2.24) is 0 Å². The van der Waals surface area contributed by atoms with E-state index >= 15 is 0 Å². The van der Waals surface area contributed by atoms with E-state index in [-0.39, 0.29) is 36.0 Å². The molecule has 0 unspecified atom stereocenters. The monoisotopic (exact) mass is 540 g/mol. The van der Waals surface area contributed by atoms with Crippen LogP contribution in [0.1, 0.15) is 11.1 Å². The molecule has 0 saturated carbocycles. The van der Waals surface area contributed by atoms with Gasteiger partial charge in [0, 0.05) is 48.2 Å². The second kappa shape index (κ2) is 12.1. The highest BCUT2D eigenvalue weighted by Crippen LogP contribution is 2.43. The number of nitrogens with zero attached hydrogens (tertiary/aromatic N) is 8. The number of thioether (sulfide) groups is 2. The summed E-state index contributed by atoms with van der Waals surface area (Å²) in [4.78, 5) is 13.2. The zero-order valence-electron chi connectivity index (χ0n) is 20.0. The van der Waals surface area contributed by atoms with Gasteiger partial charge in [0.25, 0.3) is 0 Å². The quantitative estimate of drug-likeness (QED) is 0.313. The van der Waals surface area contributed by atoms with Gasteiger partial charge in [-0.3, -0.25) is 0 Å². The minimum Gasteiger partial charge on any atom is -0.506 e. The number of aliphatic imine (C=N–C) groups is 2. The van der Waals surface area contributed by atoms with Crippen molar-refractivity contribution in [3.05, 3.63) is 46.8 Å². The van der Waals surface area contributed by atoms with Gasteiger partial charge in [-0.2, -0.15) is 21.0 Å². The first kappa shape index (κ1) is 26.4. The van der Waals surface area contributed by atoms with E-state index in [0.717, 1.165) is 11.4 Å². The Kier molecular flexibility index (Phi) is 8.40. The number of hydrogen-bond acceptors (Lipinski definition) is 12. The average molecular weight is 541 g/mol. The number of phenols is 2. The van der Waals surface area contributed by atoms with E-state index in [1.54, 1.807) is 24.3 Å². The maximum Gasteiger partial charge on any atom is 0.176 e. The topological polar surface area (TPSA) is 167 Å². The molecule has 0 amide bonds. The van der Waals surface area contributed by atoms with Crippen molar-refractivity contribution in [3.8, 4) is 35.8 Å². The molecule has 0 radical (unpaired) electrons. The highest BCUT2D eigenvalue weighted by molar-refractivity contribution is 7.99. The smallest absolute Gasteiger partial charge is 0.176 e. The number of allylic oxidation sites excluding steroid dienone is 2. The van der Waals surface area contributed by atoms with Crippen molar-refractivity contribution in [2.75, 3.05) is 47.5 Å². The Morgan fingerprint density at radius 1 is 0.763 bits per heavy atom. The van der Waals surface area contributed by atoms with E-state index < -0.39 is 0 Å². The second-order valence-electron chi connectivity index (χ2n) is 8.00. The van der Waals surface area contributed by atoms with Crippen LogP contribution in [0.25, 0.3) is 0 Å². The zero-order valence-corrected chi connectivity index (χ0v) is 21.6. The Morgan fingerprint density at radius 2 is 1.18 bits per heavy atom. The zero-order chi connectivity index (χ0) is 27.1. The standard InChI is InChI=1S/C26H20N8O2S2/c27-5-7-33-9-11-37-25-21(33)3-1-17(23(25)35)15-31-19(13-29)20(14-30)32-16-18-2-4-22-26(24(18)36)38-12-10-34(22)8-6-28/h1-4,15-16,35-36H,7-12H2/b20-19-,31-15?,32-16?. The predicted molar refractivity (Wildman–Crippen MR) is 147 cm³/mol. The molecule has 0 aliphatic carbocycles. The first-order chi connectivity index (χ1) is 18.5. The summed E-state index contributed by atoms with van der Waals surface area (Å²) < 4.78 is 0. The third-order valence-electron chi connectivity index (χ3n) is 5.81. The summed E-state index contributed by atoms with van der Waals surface area (Å²) in [6, 6.07) is 14.8. The van der Waals surface area contributed by atoms with Gasteiger partial charge in [-0.15, -0.1) is 23.5 Å². The molecular weight excluding hydrogens is 520 g/mol. The van der Waals surface area contributed by atoms with Gasteiger partial charge >= 0.3 is 0 Å². The Bertz CT molecular complexity index is 1410. The van der Waals surface area contributed by atoms with E-state index in [1.165, 1.54) is 36.0 Å². The normalized spacial score (nSPS) is 15.2. The number of benzene rings is 2. The van der Waals surface area contributed by atoms with Gasteiger partial charge in [0.15, 0.2) is 11.4 Å². The molecule has 2 aromatic rings. The number of nitriles is 4. The molecule has 2 aliphatic rings. The van der Waals surface area contributed by atoms with E-state index in [2.05, 4.69) is 22.1 Å². The number of phenolic OH excluding ortho intramolecular Hbond substituents is 2. The lowest BCUT2D eigenvalue weighted by atomic mass is 10.1. The maximum absolute atomic E-state index is 10.8. The largest absolute Gasteiger partial charge is 0.506 e. The van der Waals surface area contributed by atoms with Crippen LogP contribution >= 0.6 is 23.5 Å². The predicted octanol–water partition coefficient (Wildman–Crippen LogP) is 3.77. The fourth-order valence-electron chi connectivity index (χ4n) is 3.95. The van der Waals surface area contributed by atoms with Gasteiger partial charge in [-0.25, -0.2) is 9.98 Å². The molecule has 2 aromatic carbocycles. The van der Waals surface area contributed by atoms with E-state index in [0.29, 0.717) is 45.5 Å². The van der Waals surface area contributed by atoms with Crippen molar-refractivity contribution < 1.29 is 10.2 Å². The van der Waals surface area contributed by atoms with Crippen LogP contribution < -0.4 is 9.80 Å². The van der Waals surface area contributed by atoms with Crippen LogP contribution in [0.2, 0.25) is 0 Å². The molecule has 38 heavy (non-hydrogen) atoms. The number of hydrogen-bond donors (Lipinski definition) is 2. The summed E-state index contributed by atoms with van der Waals surface area (Å²) in [5.74, 6) is 1.40. The highest BCUT2D eigenvalue weighted by Gasteiger charge is 2.23. The molecule has 188 valence electrons. The Hall–Kier alpha value is -4.62. The first-order valence-electron chi connectivity index (χ1n) is 11.4. The second-order valence-corrected chi connectivity index (χ2v) is 10.2. The van der Waals surface area contributed by atoms with Gasteiger partial charge in [0.05, 0.1) is 33.3 Å². The molecule has 0 bridgehead atoms. The lowest BCUT2D eigenvalue weighted by Gasteiger charge is -2.29. The van der Waals surface area contributed by atoms with E-state index in [4.69, 9.17) is 10.5 Å². The van der Waals surface area contributed by atoms with Crippen LogP contribution in [0.4, 0.5) is 11.4 Å². The van der Waals surface area contributed by atoms with Crippen LogP contribution in [0, 0.1) is 45.3 Å². The molecule has 12 heteroatoms. The minimum absolute atomic E-state index is 0.0138. The number of aromatic hydroxyl groups is 2. The highest BCUT2D eigenvalue weighted by atomic mass is 32.2. The van der Waals surface area contributed by atoms with Crippen molar-refractivity contribution in [2.24, 2.45) is 9.98 Å². The summed E-state index contributed by atoms with van der Waals surface area (Å²) in [7, 11) is 0. The van der Waals surface area contributed by atoms with E-state index in [9.17, 15) is 20.7 Å². The molecular formula is C26H20N8O2S2. The molecule has 2 aliphatic heterocycles. The Labute approximate surface area is 228 Å². The molecule has 4 rings (SSSR count). The van der Waals surface area contributed by atoms with Gasteiger partial charge in [0.2, 0.25) is 0 Å². The van der Waals surface area contributed by atoms with Gasteiger partial charge in [-0.1, -0.05) is 0 Å². The molecule has 0 spiro atoms. The van der Waals surface area contributed by atoms with E-state index in [1.807, 2.05) is 21.9 Å². The molecule has 2 heterocycles. The molecule has 0 aromatic heterocycles.